The van der Waals surface area contributed by atoms with E-state index in [-0.39, 0.29) is 0 Å². The van der Waals surface area contributed by atoms with Gasteiger partial charge < -0.3 is 5.73 Å². The quantitative estimate of drug-likeness (QED) is 0.917. The van der Waals surface area contributed by atoms with Crippen molar-refractivity contribution < 1.29 is 0 Å². The lowest BCUT2D eigenvalue weighted by Crippen LogP contribution is -2.08. The SMILES string of the molecule is NCCc1cnnn1-c1ccc(Br)cc1. The molecule has 0 aliphatic rings. The van der Waals surface area contributed by atoms with Crippen molar-refractivity contribution in [2.75, 3.05) is 6.54 Å². The van der Waals surface area contributed by atoms with Crippen LogP contribution < -0.4 is 5.73 Å². The Bertz CT molecular complexity index is 435. The van der Waals surface area contributed by atoms with Crippen LogP contribution in [0.3, 0.4) is 0 Å². The Balaban J connectivity index is 2.36. The lowest BCUT2D eigenvalue weighted by Gasteiger charge is -2.04. The second-order valence-electron chi connectivity index (χ2n) is 3.15. The molecule has 1 aromatic heterocycles. The highest BCUT2D eigenvalue weighted by molar-refractivity contribution is 9.10. The van der Waals surface area contributed by atoms with Gasteiger partial charge in [-0.2, -0.15) is 0 Å². The van der Waals surface area contributed by atoms with E-state index in [0.29, 0.717) is 6.54 Å². The molecule has 0 amide bonds. The third-order valence-corrected chi connectivity index (χ3v) is 2.62. The predicted molar refractivity (Wildman–Crippen MR) is 61.8 cm³/mol. The van der Waals surface area contributed by atoms with Gasteiger partial charge >= 0.3 is 0 Å². The van der Waals surface area contributed by atoms with Crippen LogP contribution in [0.2, 0.25) is 0 Å². The van der Waals surface area contributed by atoms with Crippen molar-refractivity contribution in [1.29, 1.82) is 0 Å². The smallest absolute Gasteiger partial charge is 0.0730 e. The van der Waals surface area contributed by atoms with Crippen LogP contribution in [0.1, 0.15) is 5.69 Å². The molecule has 0 atom stereocenters. The molecule has 0 saturated heterocycles. The highest BCUT2D eigenvalue weighted by Gasteiger charge is 2.04. The predicted octanol–water partition coefficient (Wildman–Crippen LogP) is 1.53. The maximum atomic E-state index is 5.51. The molecule has 1 aromatic carbocycles. The van der Waals surface area contributed by atoms with E-state index in [0.717, 1.165) is 22.3 Å². The summed E-state index contributed by atoms with van der Waals surface area (Å²) in [7, 11) is 0. The fourth-order valence-electron chi connectivity index (χ4n) is 1.37. The number of rotatable bonds is 3. The maximum Gasteiger partial charge on any atom is 0.0730 e. The summed E-state index contributed by atoms with van der Waals surface area (Å²) in [6.07, 6.45) is 2.53. The van der Waals surface area contributed by atoms with Crippen LogP contribution in [-0.4, -0.2) is 21.5 Å². The Labute approximate surface area is 96.2 Å². The van der Waals surface area contributed by atoms with Gasteiger partial charge in [-0.1, -0.05) is 21.1 Å². The third-order valence-electron chi connectivity index (χ3n) is 2.09. The van der Waals surface area contributed by atoms with Crippen LogP contribution in [0.4, 0.5) is 0 Å². The molecule has 0 fully saturated rings. The van der Waals surface area contributed by atoms with Crippen molar-refractivity contribution >= 4 is 15.9 Å². The Hall–Kier alpha value is -1.20. The highest BCUT2D eigenvalue weighted by Crippen LogP contribution is 2.14. The summed E-state index contributed by atoms with van der Waals surface area (Å²) < 4.78 is 2.85. The van der Waals surface area contributed by atoms with Gasteiger partial charge in [0.1, 0.15) is 0 Å². The van der Waals surface area contributed by atoms with E-state index in [4.69, 9.17) is 5.73 Å². The van der Waals surface area contributed by atoms with E-state index in [9.17, 15) is 0 Å². The first-order chi connectivity index (χ1) is 7.31. The first-order valence-electron chi connectivity index (χ1n) is 4.67. The van der Waals surface area contributed by atoms with Crippen LogP contribution in [0, 0.1) is 0 Å². The van der Waals surface area contributed by atoms with Gasteiger partial charge in [0.05, 0.1) is 17.6 Å². The van der Waals surface area contributed by atoms with Gasteiger partial charge in [-0.15, -0.1) is 5.10 Å². The molecule has 2 aromatic rings. The summed E-state index contributed by atoms with van der Waals surface area (Å²) in [5.41, 5.74) is 7.54. The van der Waals surface area contributed by atoms with E-state index < -0.39 is 0 Å². The summed E-state index contributed by atoms with van der Waals surface area (Å²) >= 11 is 3.39. The number of halogens is 1. The van der Waals surface area contributed by atoms with Crippen molar-refractivity contribution in [1.82, 2.24) is 15.0 Å². The van der Waals surface area contributed by atoms with E-state index in [1.165, 1.54) is 0 Å². The van der Waals surface area contributed by atoms with Crippen molar-refractivity contribution in [3.05, 3.63) is 40.6 Å². The first kappa shape index (κ1) is 10.3. The fraction of sp³-hybridized carbons (Fsp3) is 0.200. The molecule has 0 spiro atoms. The fourth-order valence-corrected chi connectivity index (χ4v) is 1.64. The molecule has 2 N–H and O–H groups in total. The second-order valence-corrected chi connectivity index (χ2v) is 4.07. The molecule has 0 bridgehead atoms. The Morgan fingerprint density at radius 3 is 2.67 bits per heavy atom. The van der Waals surface area contributed by atoms with Gasteiger partial charge in [-0.3, -0.25) is 0 Å². The van der Waals surface area contributed by atoms with Crippen molar-refractivity contribution in [2.45, 2.75) is 6.42 Å². The summed E-state index contributed by atoms with van der Waals surface area (Å²) in [6.45, 7) is 0.601. The zero-order valence-corrected chi connectivity index (χ0v) is 9.68. The molecule has 0 aliphatic carbocycles. The molecule has 5 heteroatoms. The number of hydrogen-bond donors (Lipinski definition) is 1. The topological polar surface area (TPSA) is 56.7 Å². The molecular formula is C10H11BrN4. The minimum atomic E-state index is 0.601. The lowest BCUT2D eigenvalue weighted by molar-refractivity contribution is 0.755. The zero-order chi connectivity index (χ0) is 10.7. The molecule has 15 heavy (non-hydrogen) atoms. The Morgan fingerprint density at radius 2 is 2.00 bits per heavy atom. The Kier molecular flexibility index (Phi) is 3.13. The van der Waals surface area contributed by atoms with Crippen LogP contribution >= 0.6 is 15.9 Å². The largest absolute Gasteiger partial charge is 0.330 e. The number of benzene rings is 1. The minimum absolute atomic E-state index is 0.601. The molecule has 4 nitrogen and oxygen atoms in total. The number of nitrogens with two attached hydrogens (primary N) is 1. The molecule has 0 saturated carbocycles. The number of aromatic nitrogens is 3. The van der Waals surface area contributed by atoms with Gasteiger partial charge in [0.25, 0.3) is 0 Å². The molecule has 0 aliphatic heterocycles. The maximum absolute atomic E-state index is 5.51. The highest BCUT2D eigenvalue weighted by atomic mass is 79.9. The summed E-state index contributed by atoms with van der Waals surface area (Å²) in [4.78, 5) is 0. The van der Waals surface area contributed by atoms with Gasteiger partial charge in [-0.05, 0) is 30.8 Å². The van der Waals surface area contributed by atoms with Gasteiger partial charge in [0, 0.05) is 10.9 Å². The monoisotopic (exact) mass is 266 g/mol. The van der Waals surface area contributed by atoms with Crippen LogP contribution in [0.15, 0.2) is 34.9 Å². The Morgan fingerprint density at radius 1 is 1.27 bits per heavy atom. The van der Waals surface area contributed by atoms with Crippen LogP contribution in [0.5, 0.6) is 0 Å². The van der Waals surface area contributed by atoms with E-state index in [1.54, 1.807) is 10.9 Å². The second kappa shape index (κ2) is 4.55. The van der Waals surface area contributed by atoms with E-state index >= 15 is 0 Å². The van der Waals surface area contributed by atoms with Crippen molar-refractivity contribution in [2.24, 2.45) is 5.73 Å². The summed E-state index contributed by atoms with van der Waals surface area (Å²) in [5, 5.41) is 7.92. The van der Waals surface area contributed by atoms with E-state index in [2.05, 4.69) is 26.2 Å². The number of hydrogen-bond acceptors (Lipinski definition) is 3. The van der Waals surface area contributed by atoms with Crippen molar-refractivity contribution in [3.8, 4) is 5.69 Å². The molecule has 0 radical (unpaired) electrons. The van der Waals surface area contributed by atoms with Crippen LogP contribution in [0.25, 0.3) is 5.69 Å². The first-order valence-corrected chi connectivity index (χ1v) is 5.46. The standard InChI is InChI=1S/C10H11BrN4/c11-8-1-3-9(4-2-8)15-10(5-6-12)7-13-14-15/h1-4,7H,5-6,12H2. The average molecular weight is 267 g/mol. The average Bonchev–Trinajstić information content (AvgIpc) is 2.68. The van der Waals surface area contributed by atoms with Gasteiger partial charge in [-0.25, -0.2) is 4.68 Å². The van der Waals surface area contributed by atoms with Gasteiger partial charge in [0.2, 0.25) is 0 Å². The minimum Gasteiger partial charge on any atom is -0.330 e. The lowest BCUT2D eigenvalue weighted by atomic mass is 10.3. The van der Waals surface area contributed by atoms with Crippen LogP contribution in [-0.2, 0) is 6.42 Å². The molecule has 2 rings (SSSR count). The van der Waals surface area contributed by atoms with E-state index in [1.807, 2.05) is 24.3 Å². The zero-order valence-electron chi connectivity index (χ0n) is 8.10. The molecule has 1 heterocycles. The molecule has 0 unspecified atom stereocenters. The molecule has 78 valence electrons. The normalized spacial score (nSPS) is 10.5. The third kappa shape index (κ3) is 2.24. The van der Waals surface area contributed by atoms with Crippen molar-refractivity contribution in [3.63, 3.8) is 0 Å². The summed E-state index contributed by atoms with van der Waals surface area (Å²) in [5.74, 6) is 0. The van der Waals surface area contributed by atoms with Gasteiger partial charge in [0.15, 0.2) is 0 Å². The number of nitrogens with zero attached hydrogens (tertiary/aromatic N) is 3. The molecular weight excluding hydrogens is 256 g/mol. The summed E-state index contributed by atoms with van der Waals surface area (Å²) in [6, 6.07) is 7.92.